The number of aromatic nitrogens is 2. The zero-order valence-electron chi connectivity index (χ0n) is 28.4. The van der Waals surface area contributed by atoms with Crippen LogP contribution >= 0.6 is 22.7 Å². The molecule has 0 radical (unpaired) electrons. The Kier molecular flexibility index (Phi) is 6.29. The molecule has 4 aliphatic carbocycles. The van der Waals surface area contributed by atoms with Gasteiger partial charge >= 0.3 is 0 Å². The van der Waals surface area contributed by atoms with Crippen molar-refractivity contribution in [3.63, 3.8) is 0 Å². The van der Waals surface area contributed by atoms with Crippen molar-refractivity contribution in [2.24, 2.45) is 11.8 Å². The summed E-state index contributed by atoms with van der Waals surface area (Å²) < 4.78 is 13.2. The van der Waals surface area contributed by atoms with E-state index in [1.165, 1.54) is 22.7 Å². The molecule has 2 unspecified atom stereocenters. The maximum absolute atomic E-state index is 13.1. The summed E-state index contributed by atoms with van der Waals surface area (Å²) in [6.45, 7) is 7.89. The summed E-state index contributed by atoms with van der Waals surface area (Å²) in [7, 11) is 0. The topological polar surface area (TPSA) is 113 Å². The van der Waals surface area contributed by atoms with Gasteiger partial charge in [-0.1, -0.05) is 60.7 Å². The number of allylic oxidation sites excluding steroid dienone is 8. The van der Waals surface area contributed by atoms with E-state index in [-0.39, 0.29) is 46.1 Å². The number of ketones is 4. The van der Waals surface area contributed by atoms with Crippen LogP contribution in [0.5, 0.6) is 0 Å². The number of hydrogen-bond donors (Lipinski definition) is 0. The van der Waals surface area contributed by atoms with E-state index in [2.05, 4.69) is 24.3 Å². The lowest BCUT2D eigenvalue weighted by atomic mass is 9.77. The third kappa shape index (κ3) is 4.37. The maximum atomic E-state index is 13.1. The molecule has 0 N–H and O–H groups in total. The van der Waals surface area contributed by atoms with Crippen molar-refractivity contribution >= 4 is 69.1 Å². The average molecular weight is 721 g/mol. The summed E-state index contributed by atoms with van der Waals surface area (Å²) in [5, 5.41) is 1.15. The van der Waals surface area contributed by atoms with Gasteiger partial charge in [-0.05, 0) is 52.0 Å². The second-order valence-electron chi connectivity index (χ2n) is 14.6. The summed E-state index contributed by atoms with van der Waals surface area (Å²) in [6, 6.07) is 13.8. The van der Waals surface area contributed by atoms with Gasteiger partial charge in [0.2, 0.25) is 0 Å². The van der Waals surface area contributed by atoms with Crippen molar-refractivity contribution in [1.82, 2.24) is 9.97 Å². The van der Waals surface area contributed by atoms with Gasteiger partial charge in [-0.15, -0.1) is 22.7 Å². The molecule has 254 valence electrons. The van der Waals surface area contributed by atoms with Crippen LogP contribution in [0.1, 0.15) is 100 Å². The van der Waals surface area contributed by atoms with Crippen LogP contribution in [-0.2, 0) is 20.7 Å². The number of hydrogen-bond acceptors (Lipinski definition) is 10. The number of ether oxygens (including phenoxy) is 2. The van der Waals surface area contributed by atoms with Crippen molar-refractivity contribution in [2.75, 3.05) is 0 Å². The Bertz CT molecular complexity index is 2370. The molecular formula is C42H28N2O6S2. The van der Waals surface area contributed by atoms with Gasteiger partial charge in [0.25, 0.3) is 0 Å². The van der Waals surface area contributed by atoms with Crippen molar-refractivity contribution in [3.05, 3.63) is 149 Å². The largest absolute Gasteiger partial charge is 0.481 e. The van der Waals surface area contributed by atoms with Gasteiger partial charge in [-0.3, -0.25) is 19.2 Å². The zero-order valence-corrected chi connectivity index (χ0v) is 30.0. The van der Waals surface area contributed by atoms with Crippen molar-refractivity contribution < 1.29 is 28.7 Å². The molecule has 0 spiro atoms. The highest BCUT2D eigenvalue weighted by molar-refractivity contribution is 7.14. The first-order valence-electron chi connectivity index (χ1n) is 17.0. The number of fused-ring (bicyclic) bond motifs is 9. The van der Waals surface area contributed by atoms with E-state index in [4.69, 9.17) is 19.4 Å². The molecule has 6 aliphatic rings. The average Bonchev–Trinajstić information content (AvgIpc) is 3.86. The summed E-state index contributed by atoms with van der Waals surface area (Å²) in [5.74, 6) is 0.300. The molecule has 52 heavy (non-hydrogen) atoms. The van der Waals surface area contributed by atoms with Crippen molar-refractivity contribution in [2.45, 2.75) is 38.9 Å². The lowest BCUT2D eigenvalue weighted by Gasteiger charge is -2.40. The van der Waals surface area contributed by atoms with Crippen LogP contribution in [0, 0.1) is 11.8 Å². The minimum absolute atomic E-state index is 0.0364. The Morgan fingerprint density at radius 3 is 1.25 bits per heavy atom. The quantitative estimate of drug-likeness (QED) is 0.150. The van der Waals surface area contributed by atoms with Crippen LogP contribution < -0.4 is 0 Å². The first-order chi connectivity index (χ1) is 24.9. The Balaban J connectivity index is 1.01. The fourth-order valence-corrected chi connectivity index (χ4v) is 10.2. The first kappa shape index (κ1) is 31.2. The van der Waals surface area contributed by atoms with Gasteiger partial charge in [0, 0.05) is 45.2 Å². The Labute approximate surface area is 306 Å². The molecule has 2 aliphatic heterocycles. The van der Waals surface area contributed by atoms with Crippen molar-refractivity contribution in [1.29, 1.82) is 0 Å². The highest BCUT2D eigenvalue weighted by atomic mass is 32.1. The first-order valence-corrected chi connectivity index (χ1v) is 18.6. The van der Waals surface area contributed by atoms with Gasteiger partial charge < -0.3 is 9.47 Å². The monoisotopic (exact) mass is 720 g/mol. The smallest absolute Gasteiger partial charge is 0.197 e. The number of carbonyl (C=O) groups excluding carboxylic acids is 4. The van der Waals surface area contributed by atoms with E-state index in [1.54, 1.807) is 60.7 Å². The van der Waals surface area contributed by atoms with Crippen LogP contribution in [0.25, 0.3) is 23.3 Å². The molecule has 10 rings (SSSR count). The third-order valence-corrected chi connectivity index (χ3v) is 12.4. The molecule has 8 nitrogen and oxygen atoms in total. The fourth-order valence-electron chi connectivity index (χ4n) is 7.85. The zero-order chi connectivity index (χ0) is 35.8. The standard InChI is InChI=1S/C42H28N2O6S2/c1-41(2)39-37(51-31(43-39)17-27-33(45)21-9-5-6-10-22(21)34(27)46)25-13-20-16-30-26(14-19(20)15-29(25)49-41)38-40(42(3,4)50-30)44-32(52-38)18-28-35(47)23-11-7-8-12-24(23)36(28)48/h5-20H,1-4H3. The van der Waals surface area contributed by atoms with E-state index in [0.717, 1.165) is 43.8 Å². The summed E-state index contributed by atoms with van der Waals surface area (Å²) in [4.78, 5) is 64.3. The van der Waals surface area contributed by atoms with E-state index in [1.807, 2.05) is 27.7 Å². The van der Waals surface area contributed by atoms with Gasteiger partial charge in [0.1, 0.15) is 44.1 Å². The molecule has 0 saturated heterocycles. The minimum atomic E-state index is -0.756. The lowest BCUT2D eigenvalue weighted by molar-refractivity contribution is 0.0279. The SMILES string of the molecule is CC1(C)OC2=CC3C=C4C(=CC3C=C2c2sc(C=C3C(=O)c5ccccc5C3=O)nc21)OC(C)(C)c1nc(C=C2C(=O)c3ccccc3C2=O)sc14. The molecule has 4 aromatic rings. The maximum Gasteiger partial charge on any atom is 0.197 e. The number of thiazole rings is 2. The normalized spacial score (nSPS) is 22.6. The number of carbonyl (C=O) groups is 4. The number of nitrogens with zero attached hydrogens (tertiary/aromatic N) is 2. The van der Waals surface area contributed by atoms with Crippen LogP contribution in [-0.4, -0.2) is 33.1 Å². The molecule has 10 heteroatoms. The van der Waals surface area contributed by atoms with Gasteiger partial charge in [-0.2, -0.15) is 0 Å². The van der Waals surface area contributed by atoms with Crippen LogP contribution in [0.4, 0.5) is 0 Å². The Morgan fingerprint density at radius 2 is 0.904 bits per heavy atom. The summed E-state index contributed by atoms with van der Waals surface area (Å²) >= 11 is 2.90. The van der Waals surface area contributed by atoms with E-state index in [9.17, 15) is 19.2 Å². The predicted octanol–water partition coefficient (Wildman–Crippen LogP) is 8.55. The molecule has 2 aromatic carbocycles. The number of Topliss-reactive ketones (excluding diaryl/α,β-unsaturated/α-hetero) is 4. The van der Waals surface area contributed by atoms with Crippen LogP contribution in [0.3, 0.4) is 0 Å². The third-order valence-electron chi connectivity index (χ3n) is 10.4. The molecule has 0 fully saturated rings. The predicted molar refractivity (Wildman–Crippen MR) is 198 cm³/mol. The van der Waals surface area contributed by atoms with Crippen molar-refractivity contribution in [3.8, 4) is 0 Å². The molecule has 2 atom stereocenters. The molecular weight excluding hydrogens is 693 g/mol. The Morgan fingerprint density at radius 1 is 0.558 bits per heavy atom. The van der Waals surface area contributed by atoms with Gasteiger partial charge in [0.15, 0.2) is 23.1 Å². The highest BCUT2D eigenvalue weighted by Gasteiger charge is 2.45. The van der Waals surface area contributed by atoms with Crippen LogP contribution in [0.2, 0.25) is 0 Å². The van der Waals surface area contributed by atoms with E-state index in [0.29, 0.717) is 32.3 Å². The molecule has 4 heterocycles. The van der Waals surface area contributed by atoms with E-state index >= 15 is 0 Å². The molecule has 0 bridgehead atoms. The fraction of sp³-hybridized carbons (Fsp3) is 0.190. The number of rotatable bonds is 2. The van der Waals surface area contributed by atoms with Gasteiger partial charge in [-0.25, -0.2) is 9.97 Å². The minimum Gasteiger partial charge on any atom is -0.481 e. The van der Waals surface area contributed by atoms with Gasteiger partial charge in [0.05, 0.1) is 20.9 Å². The van der Waals surface area contributed by atoms with Crippen LogP contribution in [0.15, 0.2) is 95.5 Å². The lowest BCUT2D eigenvalue weighted by Crippen LogP contribution is -2.32. The Hall–Kier alpha value is -5.58. The second kappa shape index (κ2) is 10.5. The number of benzene rings is 2. The second-order valence-corrected chi connectivity index (χ2v) is 16.6. The van der Waals surface area contributed by atoms with E-state index < -0.39 is 11.2 Å². The highest BCUT2D eigenvalue weighted by Crippen LogP contribution is 2.53. The molecule has 2 aromatic heterocycles. The summed E-state index contributed by atoms with van der Waals surface area (Å²) in [5.41, 5.74) is 3.79. The summed E-state index contributed by atoms with van der Waals surface area (Å²) in [6.07, 6.45) is 11.9. The molecule has 0 saturated carbocycles. The molecule has 0 amide bonds.